The lowest BCUT2D eigenvalue weighted by Gasteiger charge is -2.27. The molecule has 0 radical (unpaired) electrons. The Balaban J connectivity index is 2.58. The minimum Gasteiger partial charge on any atom is -0.340 e. The number of carbonyl (C=O) groups is 2. The van der Waals surface area contributed by atoms with Gasteiger partial charge in [0.25, 0.3) is 0 Å². The molecule has 2 amide bonds. The van der Waals surface area contributed by atoms with E-state index in [0.717, 1.165) is 18.6 Å². The molecule has 0 saturated carbocycles. The maximum absolute atomic E-state index is 12.5. The average molecular weight is 330 g/mol. The van der Waals surface area contributed by atoms with E-state index in [-0.39, 0.29) is 30.8 Å². The predicted molar refractivity (Wildman–Crippen MR) is 81.8 cm³/mol. The Morgan fingerprint density at radius 2 is 1.78 bits per heavy atom. The molecule has 0 spiro atoms. The quantitative estimate of drug-likeness (QED) is 0.865. The van der Waals surface area contributed by atoms with Crippen LogP contribution in [0.1, 0.15) is 39.2 Å². The molecule has 0 bridgehead atoms. The van der Waals surface area contributed by atoms with Crippen LogP contribution in [0.3, 0.4) is 0 Å². The molecule has 1 N–H and O–H groups in total. The summed E-state index contributed by atoms with van der Waals surface area (Å²) in [4.78, 5) is 25.0. The Labute approximate surface area is 133 Å². The van der Waals surface area contributed by atoms with Gasteiger partial charge in [0.05, 0.1) is 5.56 Å². The Hall–Kier alpha value is -2.05. The number of hydrogen-bond donors (Lipinski definition) is 1. The Morgan fingerprint density at radius 3 is 2.22 bits per heavy atom. The van der Waals surface area contributed by atoms with Crippen LogP contribution < -0.4 is 5.32 Å². The number of amides is 2. The van der Waals surface area contributed by atoms with Crippen LogP contribution in [0.4, 0.5) is 18.9 Å². The Bertz CT molecular complexity index is 541. The highest BCUT2D eigenvalue weighted by molar-refractivity contribution is 5.91. The minimum absolute atomic E-state index is 0.0337. The van der Waals surface area contributed by atoms with Crippen LogP contribution in [-0.4, -0.2) is 29.3 Å². The van der Waals surface area contributed by atoms with Crippen molar-refractivity contribution in [3.05, 3.63) is 29.8 Å². The van der Waals surface area contributed by atoms with Gasteiger partial charge < -0.3 is 10.2 Å². The summed E-state index contributed by atoms with van der Waals surface area (Å²) in [7, 11) is 0. The average Bonchev–Trinajstić information content (AvgIpc) is 2.46. The summed E-state index contributed by atoms with van der Waals surface area (Å²) in [5.74, 6) is -0.457. The molecule has 23 heavy (non-hydrogen) atoms. The molecule has 4 nitrogen and oxygen atoms in total. The van der Waals surface area contributed by atoms with Gasteiger partial charge >= 0.3 is 6.18 Å². The van der Waals surface area contributed by atoms with E-state index < -0.39 is 11.7 Å². The zero-order valence-electron chi connectivity index (χ0n) is 13.4. The molecule has 7 heteroatoms. The van der Waals surface area contributed by atoms with Crippen molar-refractivity contribution in [2.24, 2.45) is 0 Å². The Kier molecular flexibility index (Phi) is 6.60. The monoisotopic (exact) mass is 330 g/mol. The maximum Gasteiger partial charge on any atom is 0.416 e. The third-order valence-electron chi connectivity index (χ3n) is 3.60. The second kappa shape index (κ2) is 7.99. The van der Waals surface area contributed by atoms with Gasteiger partial charge in [0.2, 0.25) is 11.8 Å². The fourth-order valence-electron chi connectivity index (χ4n) is 2.10. The molecule has 128 valence electrons. The molecule has 0 aliphatic heterocycles. The molecule has 0 aromatic heterocycles. The first-order valence-electron chi connectivity index (χ1n) is 7.39. The van der Waals surface area contributed by atoms with Gasteiger partial charge in [-0.2, -0.15) is 13.2 Å². The van der Waals surface area contributed by atoms with Crippen molar-refractivity contribution in [2.45, 2.75) is 45.8 Å². The van der Waals surface area contributed by atoms with Crippen molar-refractivity contribution in [3.63, 3.8) is 0 Å². The van der Waals surface area contributed by atoms with Crippen LogP contribution in [0.25, 0.3) is 0 Å². The van der Waals surface area contributed by atoms with E-state index in [1.165, 1.54) is 19.1 Å². The summed E-state index contributed by atoms with van der Waals surface area (Å²) in [6.07, 6.45) is -3.54. The second-order valence-corrected chi connectivity index (χ2v) is 5.34. The van der Waals surface area contributed by atoms with Gasteiger partial charge in [-0.1, -0.05) is 6.92 Å². The van der Waals surface area contributed by atoms with Gasteiger partial charge in [0, 0.05) is 31.6 Å². The zero-order chi connectivity index (χ0) is 17.6. The lowest BCUT2D eigenvalue weighted by Crippen LogP contribution is -2.38. The number of nitrogens with zero attached hydrogens (tertiary/aromatic N) is 1. The van der Waals surface area contributed by atoms with Crippen LogP contribution in [-0.2, 0) is 15.8 Å². The number of benzene rings is 1. The highest BCUT2D eigenvalue weighted by atomic mass is 19.4. The first kappa shape index (κ1) is 19.0. The van der Waals surface area contributed by atoms with Gasteiger partial charge in [-0.15, -0.1) is 0 Å². The van der Waals surface area contributed by atoms with Crippen LogP contribution in [0.5, 0.6) is 0 Å². The van der Waals surface area contributed by atoms with E-state index in [2.05, 4.69) is 5.32 Å². The van der Waals surface area contributed by atoms with Crippen LogP contribution >= 0.6 is 0 Å². The summed E-state index contributed by atoms with van der Waals surface area (Å²) < 4.78 is 37.4. The zero-order valence-corrected chi connectivity index (χ0v) is 13.4. The lowest BCUT2D eigenvalue weighted by molar-refractivity contribution is -0.137. The molecule has 1 rings (SSSR count). The number of carbonyl (C=O) groups excluding carboxylic acids is 2. The number of nitrogens with one attached hydrogen (secondary N) is 1. The highest BCUT2D eigenvalue weighted by Gasteiger charge is 2.30. The molecule has 0 heterocycles. The van der Waals surface area contributed by atoms with Crippen LogP contribution in [0, 0.1) is 0 Å². The fourth-order valence-corrected chi connectivity index (χ4v) is 2.10. The minimum atomic E-state index is -4.40. The molecule has 0 aliphatic carbocycles. The van der Waals surface area contributed by atoms with E-state index in [9.17, 15) is 22.8 Å². The van der Waals surface area contributed by atoms with E-state index in [0.29, 0.717) is 5.69 Å². The fraction of sp³-hybridized carbons (Fsp3) is 0.500. The summed E-state index contributed by atoms with van der Waals surface area (Å²) in [6, 6.07) is 4.27. The normalized spacial score (nSPS) is 12.6. The topological polar surface area (TPSA) is 49.4 Å². The summed E-state index contributed by atoms with van der Waals surface area (Å²) in [5.41, 5.74) is -0.476. The molecule has 0 fully saturated rings. The van der Waals surface area contributed by atoms with Crippen LogP contribution in [0.15, 0.2) is 24.3 Å². The van der Waals surface area contributed by atoms with Gasteiger partial charge in [-0.25, -0.2) is 0 Å². The number of rotatable bonds is 6. The van der Waals surface area contributed by atoms with Gasteiger partial charge in [0.15, 0.2) is 0 Å². The third kappa shape index (κ3) is 5.92. The predicted octanol–water partition coefficient (Wildman–Crippen LogP) is 3.68. The molecule has 1 atom stereocenters. The molecule has 0 aliphatic rings. The SMILES string of the molecule is CCC(C)N(CCC(=O)Nc1ccc(C(F)(F)F)cc1)C(C)=O. The summed E-state index contributed by atoms with van der Waals surface area (Å²) in [5, 5.41) is 2.53. The van der Waals surface area contributed by atoms with Crippen molar-refractivity contribution >= 4 is 17.5 Å². The first-order chi connectivity index (χ1) is 10.6. The number of hydrogen-bond acceptors (Lipinski definition) is 2. The van der Waals surface area contributed by atoms with Crippen molar-refractivity contribution in [1.29, 1.82) is 0 Å². The van der Waals surface area contributed by atoms with Crippen LogP contribution in [0.2, 0.25) is 0 Å². The van der Waals surface area contributed by atoms with E-state index in [1.807, 2.05) is 13.8 Å². The maximum atomic E-state index is 12.5. The largest absolute Gasteiger partial charge is 0.416 e. The second-order valence-electron chi connectivity index (χ2n) is 5.34. The first-order valence-corrected chi connectivity index (χ1v) is 7.39. The van der Waals surface area contributed by atoms with Gasteiger partial charge in [-0.3, -0.25) is 9.59 Å². The molecule has 0 saturated heterocycles. The molecule has 1 unspecified atom stereocenters. The standard InChI is InChI=1S/C16H21F3N2O2/c1-4-11(2)21(12(3)22)10-9-15(23)20-14-7-5-13(6-8-14)16(17,18)19/h5-8,11H,4,9-10H2,1-3H3,(H,20,23). The molecular formula is C16H21F3N2O2. The highest BCUT2D eigenvalue weighted by Crippen LogP contribution is 2.29. The summed E-state index contributed by atoms with van der Waals surface area (Å²) in [6.45, 7) is 5.56. The number of anilines is 1. The van der Waals surface area contributed by atoms with E-state index in [1.54, 1.807) is 4.90 Å². The third-order valence-corrected chi connectivity index (χ3v) is 3.60. The van der Waals surface area contributed by atoms with Crippen molar-refractivity contribution in [3.8, 4) is 0 Å². The molecular weight excluding hydrogens is 309 g/mol. The lowest BCUT2D eigenvalue weighted by atomic mass is 10.2. The molecule has 1 aromatic carbocycles. The van der Waals surface area contributed by atoms with Gasteiger partial charge in [-0.05, 0) is 37.6 Å². The van der Waals surface area contributed by atoms with E-state index >= 15 is 0 Å². The van der Waals surface area contributed by atoms with Gasteiger partial charge in [0.1, 0.15) is 0 Å². The molecule has 1 aromatic rings. The number of halogens is 3. The smallest absolute Gasteiger partial charge is 0.340 e. The summed E-state index contributed by atoms with van der Waals surface area (Å²) >= 11 is 0. The number of alkyl halides is 3. The van der Waals surface area contributed by atoms with E-state index in [4.69, 9.17) is 0 Å². The van der Waals surface area contributed by atoms with Crippen molar-refractivity contribution in [2.75, 3.05) is 11.9 Å². The van der Waals surface area contributed by atoms with Crippen molar-refractivity contribution < 1.29 is 22.8 Å². The van der Waals surface area contributed by atoms with Crippen molar-refractivity contribution in [1.82, 2.24) is 4.90 Å². The Morgan fingerprint density at radius 1 is 1.22 bits per heavy atom.